The molecule has 0 saturated heterocycles. The van der Waals surface area contributed by atoms with Crippen LogP contribution in [0.3, 0.4) is 0 Å². The van der Waals surface area contributed by atoms with Gasteiger partial charge in [-0.05, 0) is 113 Å². The maximum Gasteiger partial charge on any atom is 0.178 e. The molecule has 0 aliphatic carbocycles. The Morgan fingerprint density at radius 3 is 1.68 bits per heavy atom. The molecule has 0 aliphatic heterocycles. The number of hydrogen-bond donors (Lipinski definition) is 0. The van der Waals surface area contributed by atoms with Crippen molar-refractivity contribution >= 4 is 76.2 Å². The lowest BCUT2D eigenvalue weighted by Crippen LogP contribution is -1.92. The van der Waals surface area contributed by atoms with E-state index in [1.54, 1.807) is 0 Å². The van der Waals surface area contributed by atoms with Gasteiger partial charge in [0.05, 0.1) is 0 Å². The van der Waals surface area contributed by atoms with Crippen molar-refractivity contribution < 1.29 is 8.83 Å². The number of rotatable bonds is 4. The Morgan fingerprint density at radius 2 is 0.839 bits per heavy atom. The highest BCUT2D eigenvalue weighted by Gasteiger charge is 2.23. The molecular formula is C54H32O2. The van der Waals surface area contributed by atoms with E-state index in [0.29, 0.717) is 0 Å². The fourth-order valence-electron chi connectivity index (χ4n) is 9.17. The van der Waals surface area contributed by atoms with Gasteiger partial charge in [-0.1, -0.05) is 158 Å². The van der Waals surface area contributed by atoms with E-state index in [4.69, 9.17) is 8.83 Å². The molecule has 2 heteroatoms. The molecule has 0 atom stereocenters. The highest BCUT2D eigenvalue weighted by atomic mass is 16.4. The van der Waals surface area contributed by atoms with Crippen LogP contribution in [0.5, 0.6) is 0 Å². The predicted molar refractivity (Wildman–Crippen MR) is 235 cm³/mol. The molecule has 0 N–H and O–H groups in total. The van der Waals surface area contributed by atoms with Crippen LogP contribution < -0.4 is 0 Å². The van der Waals surface area contributed by atoms with Gasteiger partial charge in [-0.15, -0.1) is 0 Å². The van der Waals surface area contributed by atoms with Crippen molar-refractivity contribution in [2.24, 2.45) is 0 Å². The van der Waals surface area contributed by atoms with Crippen LogP contribution in [-0.2, 0) is 0 Å². The first-order chi connectivity index (χ1) is 27.8. The fraction of sp³-hybridized carbons (Fsp3) is 0. The van der Waals surface area contributed by atoms with E-state index in [1.165, 1.54) is 65.7 Å². The topological polar surface area (TPSA) is 26.3 Å². The molecule has 0 fully saturated rings. The molecule has 10 aromatic carbocycles. The zero-order valence-corrected chi connectivity index (χ0v) is 30.3. The summed E-state index contributed by atoms with van der Waals surface area (Å²) >= 11 is 0. The summed E-state index contributed by atoms with van der Waals surface area (Å²) in [6, 6.07) is 69.8. The van der Waals surface area contributed by atoms with Crippen LogP contribution in [0.2, 0.25) is 0 Å². The summed E-state index contributed by atoms with van der Waals surface area (Å²) in [5, 5.41) is 11.6. The lowest BCUT2D eigenvalue weighted by molar-refractivity contribution is 0.633. The summed E-state index contributed by atoms with van der Waals surface area (Å²) in [6.07, 6.45) is 0. The van der Waals surface area contributed by atoms with Crippen LogP contribution in [0.15, 0.2) is 203 Å². The molecular weight excluding hydrogens is 681 g/mol. The first-order valence-corrected chi connectivity index (χ1v) is 19.2. The second-order valence-electron chi connectivity index (χ2n) is 14.7. The molecule has 0 unspecified atom stereocenters. The second-order valence-corrected chi connectivity index (χ2v) is 14.7. The fourth-order valence-corrected chi connectivity index (χ4v) is 9.17. The van der Waals surface area contributed by atoms with Crippen molar-refractivity contribution in [1.82, 2.24) is 0 Å². The first-order valence-electron chi connectivity index (χ1n) is 19.2. The van der Waals surface area contributed by atoms with Crippen molar-refractivity contribution in [2.75, 3.05) is 0 Å². The summed E-state index contributed by atoms with van der Waals surface area (Å²) < 4.78 is 13.4. The van der Waals surface area contributed by atoms with E-state index in [2.05, 4.69) is 194 Å². The number of hydrogen-bond acceptors (Lipinski definition) is 2. The van der Waals surface area contributed by atoms with Crippen molar-refractivity contribution in [3.05, 3.63) is 194 Å². The Bertz CT molecular complexity index is 3510. The van der Waals surface area contributed by atoms with E-state index in [9.17, 15) is 0 Å². The summed E-state index contributed by atoms with van der Waals surface area (Å²) in [5.41, 5.74) is 12.8. The molecule has 0 aliphatic rings. The standard InChI is InChI=1S/C54H32O2/c1-3-13-33(14-4-1)36-26-30-48-46(31-36)43-28-29-45-52-44(23-12-24-49(52)56-54(45)53(43)55-48)51-41-21-10-9-20-40(41)50(35-16-5-2-6-17-35)47-32-37(25-27-42(47)51)39-22-11-18-34-15-7-8-19-38(34)39/h1-32H. The van der Waals surface area contributed by atoms with Gasteiger partial charge in [-0.2, -0.15) is 0 Å². The number of furan rings is 2. The third kappa shape index (κ3) is 4.57. The quantitative estimate of drug-likeness (QED) is 0.170. The van der Waals surface area contributed by atoms with Gasteiger partial charge in [-0.3, -0.25) is 0 Å². The average Bonchev–Trinajstić information content (AvgIpc) is 3.84. The predicted octanol–water partition coefficient (Wildman–Crippen LogP) is 15.6. The van der Waals surface area contributed by atoms with Crippen LogP contribution in [-0.4, -0.2) is 0 Å². The third-order valence-electron chi connectivity index (χ3n) is 11.7. The summed E-state index contributed by atoms with van der Waals surface area (Å²) in [4.78, 5) is 0. The maximum atomic E-state index is 6.81. The Hall–Kier alpha value is -7.42. The zero-order valence-electron chi connectivity index (χ0n) is 30.3. The molecule has 0 radical (unpaired) electrons. The number of benzene rings is 10. The normalized spacial score (nSPS) is 11.9. The lowest BCUT2D eigenvalue weighted by Gasteiger charge is -2.19. The Balaban J connectivity index is 1.15. The summed E-state index contributed by atoms with van der Waals surface area (Å²) in [5.74, 6) is 0. The lowest BCUT2D eigenvalue weighted by atomic mass is 9.83. The van der Waals surface area contributed by atoms with Gasteiger partial charge in [0, 0.05) is 21.5 Å². The molecule has 0 spiro atoms. The monoisotopic (exact) mass is 712 g/mol. The maximum absolute atomic E-state index is 6.81. The summed E-state index contributed by atoms with van der Waals surface area (Å²) in [6.45, 7) is 0. The first kappa shape index (κ1) is 31.0. The van der Waals surface area contributed by atoms with Gasteiger partial charge < -0.3 is 8.83 Å². The van der Waals surface area contributed by atoms with Crippen LogP contribution >= 0.6 is 0 Å². The Labute approximate surface area is 322 Å². The highest BCUT2D eigenvalue weighted by molar-refractivity contribution is 6.28. The van der Waals surface area contributed by atoms with Gasteiger partial charge in [-0.25, -0.2) is 0 Å². The smallest absolute Gasteiger partial charge is 0.178 e. The van der Waals surface area contributed by atoms with Crippen molar-refractivity contribution in [3.63, 3.8) is 0 Å². The molecule has 2 heterocycles. The molecule has 12 rings (SSSR count). The van der Waals surface area contributed by atoms with Crippen molar-refractivity contribution in [2.45, 2.75) is 0 Å². The number of fused-ring (bicyclic) bond motifs is 10. The molecule has 0 saturated carbocycles. The Morgan fingerprint density at radius 1 is 0.268 bits per heavy atom. The molecule has 2 aromatic heterocycles. The second kappa shape index (κ2) is 12.0. The SMILES string of the molecule is c1ccc(-c2ccc3oc4c(ccc5c4oc4cccc(-c6c7ccccc7c(-c7ccccc7)c7cc(-c8cccc9ccccc89)ccc67)c45)c3c2)cc1. The molecule has 2 nitrogen and oxygen atoms in total. The van der Waals surface area contributed by atoms with E-state index in [-0.39, 0.29) is 0 Å². The minimum absolute atomic E-state index is 0.773. The van der Waals surface area contributed by atoms with E-state index >= 15 is 0 Å². The van der Waals surface area contributed by atoms with Crippen LogP contribution in [0.1, 0.15) is 0 Å². The van der Waals surface area contributed by atoms with Crippen molar-refractivity contribution in [1.29, 1.82) is 0 Å². The van der Waals surface area contributed by atoms with Crippen LogP contribution in [0.25, 0.3) is 121 Å². The molecule has 0 bridgehead atoms. The van der Waals surface area contributed by atoms with Gasteiger partial charge in [0.15, 0.2) is 11.2 Å². The van der Waals surface area contributed by atoms with Gasteiger partial charge in [0.25, 0.3) is 0 Å². The molecule has 260 valence electrons. The zero-order chi connectivity index (χ0) is 36.7. The van der Waals surface area contributed by atoms with Crippen LogP contribution in [0.4, 0.5) is 0 Å². The average molecular weight is 713 g/mol. The highest BCUT2D eigenvalue weighted by Crippen LogP contribution is 2.49. The van der Waals surface area contributed by atoms with Gasteiger partial charge >= 0.3 is 0 Å². The van der Waals surface area contributed by atoms with E-state index in [1.807, 2.05) is 0 Å². The molecule has 56 heavy (non-hydrogen) atoms. The van der Waals surface area contributed by atoms with Crippen molar-refractivity contribution in [3.8, 4) is 44.5 Å². The van der Waals surface area contributed by atoms with Crippen LogP contribution in [0, 0.1) is 0 Å². The van der Waals surface area contributed by atoms with Gasteiger partial charge in [0.2, 0.25) is 0 Å². The largest absolute Gasteiger partial charge is 0.452 e. The summed E-state index contributed by atoms with van der Waals surface area (Å²) in [7, 11) is 0. The third-order valence-corrected chi connectivity index (χ3v) is 11.7. The molecule has 0 amide bonds. The van der Waals surface area contributed by atoms with E-state index < -0.39 is 0 Å². The minimum atomic E-state index is 0.773. The minimum Gasteiger partial charge on any atom is -0.452 e. The molecule has 12 aromatic rings. The van der Waals surface area contributed by atoms with E-state index in [0.717, 1.165) is 55.0 Å². The Kier molecular flexibility index (Phi) is 6.66. The van der Waals surface area contributed by atoms with Gasteiger partial charge in [0.1, 0.15) is 11.2 Å².